The zero-order chi connectivity index (χ0) is 15.2. The van der Waals surface area contributed by atoms with Crippen molar-refractivity contribution in [2.45, 2.75) is 6.42 Å². The topological polar surface area (TPSA) is 55.0 Å². The fourth-order valence-electron chi connectivity index (χ4n) is 2.16. The largest absolute Gasteiger partial charge is 0.493 e. The standard InChI is InChI=1S/C18H16N2O2/c21-18(14-4-2-1-3-5-14)15-6-8-16(9-7-15)22-13-10-17-19-11-12-20-17/h1-9,11-12H,10,13H2,(H,19,20). The fraction of sp³-hybridized carbons (Fsp3) is 0.111. The number of ether oxygens (including phenoxy) is 1. The van der Waals surface area contributed by atoms with Gasteiger partial charge in [0.1, 0.15) is 11.6 Å². The first-order valence-corrected chi connectivity index (χ1v) is 7.14. The summed E-state index contributed by atoms with van der Waals surface area (Å²) in [5.41, 5.74) is 1.35. The van der Waals surface area contributed by atoms with Crippen LogP contribution in [0.15, 0.2) is 67.0 Å². The molecule has 0 aliphatic carbocycles. The first kappa shape index (κ1) is 14.1. The number of aromatic amines is 1. The number of H-pyrrole nitrogens is 1. The number of aromatic nitrogens is 2. The van der Waals surface area contributed by atoms with Crippen LogP contribution in [-0.2, 0) is 6.42 Å². The molecule has 0 bridgehead atoms. The van der Waals surface area contributed by atoms with E-state index in [1.165, 1.54) is 0 Å². The van der Waals surface area contributed by atoms with Crippen LogP contribution in [0.4, 0.5) is 0 Å². The minimum atomic E-state index is 0.0164. The van der Waals surface area contributed by atoms with Gasteiger partial charge in [-0.05, 0) is 24.3 Å². The third-order valence-corrected chi connectivity index (χ3v) is 3.31. The van der Waals surface area contributed by atoms with E-state index in [2.05, 4.69) is 9.97 Å². The molecule has 0 amide bonds. The highest BCUT2D eigenvalue weighted by molar-refractivity contribution is 6.08. The molecule has 0 atom stereocenters. The highest BCUT2D eigenvalue weighted by atomic mass is 16.5. The van der Waals surface area contributed by atoms with Crippen LogP contribution in [0.5, 0.6) is 5.75 Å². The number of rotatable bonds is 6. The number of ketones is 1. The van der Waals surface area contributed by atoms with Gasteiger partial charge in [0.15, 0.2) is 5.78 Å². The molecule has 4 nitrogen and oxygen atoms in total. The van der Waals surface area contributed by atoms with Crippen molar-refractivity contribution < 1.29 is 9.53 Å². The molecule has 0 saturated heterocycles. The van der Waals surface area contributed by atoms with Gasteiger partial charge in [0, 0.05) is 29.9 Å². The van der Waals surface area contributed by atoms with E-state index in [1.54, 1.807) is 24.5 Å². The van der Waals surface area contributed by atoms with Gasteiger partial charge in [0.05, 0.1) is 6.61 Å². The van der Waals surface area contributed by atoms with Gasteiger partial charge < -0.3 is 9.72 Å². The van der Waals surface area contributed by atoms with Crippen molar-refractivity contribution in [2.75, 3.05) is 6.61 Å². The minimum absolute atomic E-state index is 0.0164. The molecule has 0 aliphatic rings. The van der Waals surface area contributed by atoms with Crippen LogP contribution in [0.2, 0.25) is 0 Å². The third-order valence-electron chi connectivity index (χ3n) is 3.31. The molecule has 0 aliphatic heterocycles. The van der Waals surface area contributed by atoms with Crippen molar-refractivity contribution >= 4 is 5.78 Å². The summed E-state index contributed by atoms with van der Waals surface area (Å²) in [5.74, 6) is 1.66. The molecule has 3 rings (SSSR count). The van der Waals surface area contributed by atoms with Crippen molar-refractivity contribution in [1.29, 1.82) is 0 Å². The molecule has 1 heterocycles. The molecule has 4 heteroatoms. The number of nitrogens with one attached hydrogen (secondary N) is 1. The van der Waals surface area contributed by atoms with Crippen LogP contribution in [-0.4, -0.2) is 22.4 Å². The quantitative estimate of drug-likeness (QED) is 0.709. The molecule has 110 valence electrons. The summed E-state index contributed by atoms with van der Waals surface area (Å²) in [6, 6.07) is 16.5. The number of imidazole rings is 1. The van der Waals surface area contributed by atoms with Gasteiger partial charge in [0.25, 0.3) is 0 Å². The van der Waals surface area contributed by atoms with E-state index >= 15 is 0 Å². The highest BCUT2D eigenvalue weighted by Gasteiger charge is 2.08. The maximum Gasteiger partial charge on any atom is 0.193 e. The number of hydrogen-bond acceptors (Lipinski definition) is 3. The Morgan fingerprint density at radius 3 is 2.41 bits per heavy atom. The molecule has 1 aromatic heterocycles. The summed E-state index contributed by atoms with van der Waals surface area (Å²) in [4.78, 5) is 19.4. The number of benzene rings is 2. The van der Waals surface area contributed by atoms with E-state index in [4.69, 9.17) is 4.74 Å². The highest BCUT2D eigenvalue weighted by Crippen LogP contribution is 2.15. The molecule has 2 aromatic carbocycles. The Kier molecular flexibility index (Phi) is 4.30. The monoisotopic (exact) mass is 292 g/mol. The Morgan fingerprint density at radius 2 is 1.73 bits per heavy atom. The molecular formula is C18H16N2O2. The predicted molar refractivity (Wildman–Crippen MR) is 84.1 cm³/mol. The number of nitrogens with zero attached hydrogens (tertiary/aromatic N) is 1. The van der Waals surface area contributed by atoms with Gasteiger partial charge in [-0.3, -0.25) is 4.79 Å². The van der Waals surface area contributed by atoms with Crippen molar-refractivity contribution in [1.82, 2.24) is 9.97 Å². The van der Waals surface area contributed by atoms with Crippen LogP contribution < -0.4 is 4.74 Å². The maximum absolute atomic E-state index is 12.3. The second kappa shape index (κ2) is 6.72. The van der Waals surface area contributed by atoms with Crippen LogP contribution in [0.25, 0.3) is 0 Å². The lowest BCUT2D eigenvalue weighted by molar-refractivity contribution is 0.103. The molecular weight excluding hydrogens is 276 g/mol. The Morgan fingerprint density at radius 1 is 1.00 bits per heavy atom. The van der Waals surface area contributed by atoms with Crippen LogP contribution in [0, 0.1) is 0 Å². The predicted octanol–water partition coefficient (Wildman–Crippen LogP) is 3.26. The summed E-state index contributed by atoms with van der Waals surface area (Å²) in [7, 11) is 0. The maximum atomic E-state index is 12.3. The fourth-order valence-corrected chi connectivity index (χ4v) is 2.16. The smallest absolute Gasteiger partial charge is 0.193 e. The summed E-state index contributed by atoms with van der Waals surface area (Å²) >= 11 is 0. The van der Waals surface area contributed by atoms with Crippen molar-refractivity contribution in [2.24, 2.45) is 0 Å². The van der Waals surface area contributed by atoms with Crippen molar-refractivity contribution in [3.05, 3.63) is 83.9 Å². The molecule has 0 radical (unpaired) electrons. The molecule has 1 N–H and O–H groups in total. The first-order valence-electron chi connectivity index (χ1n) is 7.14. The zero-order valence-electron chi connectivity index (χ0n) is 12.0. The molecule has 22 heavy (non-hydrogen) atoms. The Bertz CT molecular complexity index is 720. The van der Waals surface area contributed by atoms with Crippen molar-refractivity contribution in [3.63, 3.8) is 0 Å². The average Bonchev–Trinajstić information content (AvgIpc) is 3.09. The molecule has 0 saturated carbocycles. The number of carbonyl (C=O) groups excluding carboxylic acids is 1. The van der Waals surface area contributed by atoms with E-state index in [0.29, 0.717) is 17.7 Å². The number of carbonyl (C=O) groups is 1. The van der Waals surface area contributed by atoms with Crippen LogP contribution in [0.3, 0.4) is 0 Å². The van der Waals surface area contributed by atoms with Gasteiger partial charge in [-0.1, -0.05) is 30.3 Å². The van der Waals surface area contributed by atoms with Crippen LogP contribution in [0.1, 0.15) is 21.7 Å². The molecule has 0 spiro atoms. The Hall–Kier alpha value is -2.88. The summed E-state index contributed by atoms with van der Waals surface area (Å²) in [6.07, 6.45) is 4.23. The SMILES string of the molecule is O=C(c1ccccc1)c1ccc(OCCc2ncc[nH]2)cc1. The Balaban J connectivity index is 1.59. The lowest BCUT2D eigenvalue weighted by Gasteiger charge is -2.06. The minimum Gasteiger partial charge on any atom is -0.493 e. The molecule has 3 aromatic rings. The summed E-state index contributed by atoms with van der Waals surface area (Å²) in [6.45, 7) is 0.541. The lowest BCUT2D eigenvalue weighted by atomic mass is 10.0. The van der Waals surface area contributed by atoms with E-state index in [9.17, 15) is 4.79 Å². The van der Waals surface area contributed by atoms with Gasteiger partial charge in [-0.25, -0.2) is 4.98 Å². The molecule has 0 fully saturated rings. The van der Waals surface area contributed by atoms with Crippen LogP contribution >= 0.6 is 0 Å². The zero-order valence-corrected chi connectivity index (χ0v) is 12.0. The summed E-state index contributed by atoms with van der Waals surface area (Å²) in [5, 5.41) is 0. The van der Waals surface area contributed by atoms with E-state index < -0.39 is 0 Å². The normalized spacial score (nSPS) is 10.4. The van der Waals surface area contributed by atoms with Gasteiger partial charge in [-0.15, -0.1) is 0 Å². The van der Waals surface area contributed by atoms with Gasteiger partial charge in [-0.2, -0.15) is 0 Å². The molecule has 0 unspecified atom stereocenters. The van der Waals surface area contributed by atoms with Crippen molar-refractivity contribution in [3.8, 4) is 5.75 Å². The number of hydrogen-bond donors (Lipinski definition) is 1. The summed E-state index contributed by atoms with van der Waals surface area (Å²) < 4.78 is 5.65. The Labute approximate surface area is 128 Å². The van der Waals surface area contributed by atoms with E-state index in [1.807, 2.05) is 42.5 Å². The van der Waals surface area contributed by atoms with Gasteiger partial charge >= 0.3 is 0 Å². The second-order valence-electron chi connectivity index (χ2n) is 4.85. The van der Waals surface area contributed by atoms with E-state index in [-0.39, 0.29) is 5.78 Å². The third kappa shape index (κ3) is 3.41. The lowest BCUT2D eigenvalue weighted by Crippen LogP contribution is -2.04. The first-order chi connectivity index (χ1) is 10.8. The average molecular weight is 292 g/mol. The van der Waals surface area contributed by atoms with Gasteiger partial charge in [0.2, 0.25) is 0 Å². The van der Waals surface area contributed by atoms with E-state index in [0.717, 1.165) is 18.0 Å². The second-order valence-corrected chi connectivity index (χ2v) is 4.85.